The Kier molecular flexibility index (Phi) is 5.35. The first-order chi connectivity index (χ1) is 8.96. The van der Waals surface area contributed by atoms with Crippen LogP contribution in [0.1, 0.15) is 53.6 Å². The van der Waals surface area contributed by atoms with Gasteiger partial charge in [-0.15, -0.1) is 11.3 Å². The maximum Gasteiger partial charge on any atom is 0.256 e. The first kappa shape index (κ1) is 15.5. The molecule has 1 aromatic heterocycles. The van der Waals surface area contributed by atoms with Gasteiger partial charge in [0.1, 0.15) is 5.00 Å². The second-order valence-electron chi connectivity index (χ2n) is 4.36. The van der Waals surface area contributed by atoms with Crippen LogP contribution in [0.5, 0.6) is 0 Å². The number of hydrogen-bond acceptors (Lipinski definition) is 5. The van der Waals surface area contributed by atoms with Crippen LogP contribution < -0.4 is 16.4 Å². The number of nitrogens with two attached hydrogens (primary N) is 1. The number of rotatable bonds is 6. The molecule has 106 valence electrons. The molecular formula is C13H21N3O2S. The van der Waals surface area contributed by atoms with Crippen LogP contribution in [-0.4, -0.2) is 24.8 Å². The molecule has 0 radical (unpaired) electrons. The van der Waals surface area contributed by atoms with Crippen molar-refractivity contribution in [2.45, 2.75) is 39.7 Å². The van der Waals surface area contributed by atoms with Crippen LogP contribution >= 0.6 is 11.3 Å². The van der Waals surface area contributed by atoms with E-state index in [1.54, 1.807) is 14.0 Å². The summed E-state index contributed by atoms with van der Waals surface area (Å²) in [5, 5.41) is 6.47. The zero-order valence-corrected chi connectivity index (χ0v) is 12.6. The van der Waals surface area contributed by atoms with Crippen molar-refractivity contribution in [1.82, 2.24) is 5.32 Å². The molecule has 0 saturated heterocycles. The molecule has 4 N–H and O–H groups in total. The number of anilines is 2. The lowest BCUT2D eigenvalue weighted by atomic mass is 10.1. The van der Waals surface area contributed by atoms with E-state index in [2.05, 4.69) is 10.6 Å². The van der Waals surface area contributed by atoms with Crippen molar-refractivity contribution in [3.8, 4) is 0 Å². The molecule has 5 nitrogen and oxygen atoms in total. The number of thiophene rings is 1. The predicted octanol–water partition coefficient (Wildman–Crippen LogP) is 2.49. The highest BCUT2D eigenvalue weighted by molar-refractivity contribution is 7.19. The zero-order chi connectivity index (χ0) is 14.6. The van der Waals surface area contributed by atoms with Crippen LogP contribution in [0.3, 0.4) is 0 Å². The molecule has 0 aliphatic heterocycles. The third-order valence-electron chi connectivity index (χ3n) is 2.96. The summed E-state index contributed by atoms with van der Waals surface area (Å²) in [5.41, 5.74) is 6.62. The Hall–Kier alpha value is -1.56. The molecule has 0 spiro atoms. The van der Waals surface area contributed by atoms with Gasteiger partial charge in [-0.1, -0.05) is 13.8 Å². The van der Waals surface area contributed by atoms with Crippen LogP contribution in [0.2, 0.25) is 0 Å². The Morgan fingerprint density at radius 3 is 2.47 bits per heavy atom. The topological polar surface area (TPSA) is 84.2 Å². The molecule has 0 aliphatic rings. The fraction of sp³-hybridized carbons (Fsp3) is 0.538. The summed E-state index contributed by atoms with van der Waals surface area (Å²) in [6.07, 6.45) is 1.29. The van der Waals surface area contributed by atoms with Crippen molar-refractivity contribution in [2.75, 3.05) is 18.1 Å². The van der Waals surface area contributed by atoms with Crippen molar-refractivity contribution < 1.29 is 9.59 Å². The Morgan fingerprint density at radius 1 is 1.37 bits per heavy atom. The van der Waals surface area contributed by atoms with Gasteiger partial charge in [0.2, 0.25) is 0 Å². The minimum Gasteiger partial charge on any atom is -0.397 e. The molecule has 1 heterocycles. The first-order valence-electron chi connectivity index (χ1n) is 6.40. The third kappa shape index (κ3) is 3.26. The second kappa shape index (κ2) is 6.56. The van der Waals surface area contributed by atoms with Crippen molar-refractivity contribution >= 4 is 33.7 Å². The van der Waals surface area contributed by atoms with E-state index in [0.717, 1.165) is 6.42 Å². The number of carbonyl (C=O) groups is 2. The molecule has 1 unspecified atom stereocenters. The summed E-state index contributed by atoms with van der Waals surface area (Å²) in [6.45, 7) is 5.85. The summed E-state index contributed by atoms with van der Waals surface area (Å²) < 4.78 is 0. The number of hydrogen-bond donors (Lipinski definition) is 3. The molecule has 1 rings (SSSR count). The van der Waals surface area contributed by atoms with Gasteiger partial charge in [-0.25, -0.2) is 0 Å². The molecule has 19 heavy (non-hydrogen) atoms. The van der Waals surface area contributed by atoms with E-state index in [4.69, 9.17) is 5.73 Å². The largest absolute Gasteiger partial charge is 0.397 e. The summed E-state index contributed by atoms with van der Waals surface area (Å²) in [6, 6.07) is 0.214. The lowest BCUT2D eigenvalue weighted by Crippen LogP contribution is -2.22. The van der Waals surface area contributed by atoms with E-state index in [1.807, 2.05) is 13.8 Å². The zero-order valence-electron chi connectivity index (χ0n) is 11.8. The van der Waals surface area contributed by atoms with Crippen LogP contribution in [0, 0.1) is 0 Å². The first-order valence-corrected chi connectivity index (χ1v) is 7.21. The third-order valence-corrected chi connectivity index (χ3v) is 4.14. The number of nitrogens with one attached hydrogen (secondary N) is 2. The molecule has 0 aliphatic carbocycles. The van der Waals surface area contributed by atoms with E-state index in [1.165, 1.54) is 11.3 Å². The van der Waals surface area contributed by atoms with E-state index < -0.39 is 0 Å². The summed E-state index contributed by atoms with van der Waals surface area (Å²) in [4.78, 5) is 24.2. The van der Waals surface area contributed by atoms with Gasteiger partial charge in [0.15, 0.2) is 5.78 Å². The summed E-state index contributed by atoms with van der Waals surface area (Å²) >= 11 is 1.26. The van der Waals surface area contributed by atoms with E-state index in [0.29, 0.717) is 21.9 Å². The highest BCUT2D eigenvalue weighted by Gasteiger charge is 2.24. The normalized spacial score (nSPS) is 12.0. The average molecular weight is 283 g/mol. The van der Waals surface area contributed by atoms with Crippen LogP contribution in [-0.2, 0) is 0 Å². The minimum absolute atomic E-state index is 0.0372. The number of carbonyl (C=O) groups excluding carboxylic acids is 2. The smallest absolute Gasteiger partial charge is 0.256 e. The van der Waals surface area contributed by atoms with Crippen LogP contribution in [0.15, 0.2) is 0 Å². The Morgan fingerprint density at radius 2 is 2.00 bits per heavy atom. The second-order valence-corrected chi connectivity index (χ2v) is 5.38. The molecule has 0 bridgehead atoms. The average Bonchev–Trinajstić information content (AvgIpc) is 2.73. The SMILES string of the molecule is CCC(=O)c1sc(NC(C)CC)c(C(=O)NC)c1N. The van der Waals surface area contributed by atoms with E-state index >= 15 is 0 Å². The van der Waals surface area contributed by atoms with E-state index in [-0.39, 0.29) is 23.4 Å². The lowest BCUT2D eigenvalue weighted by molar-refractivity contribution is 0.0964. The Labute approximate surface area is 117 Å². The highest BCUT2D eigenvalue weighted by Crippen LogP contribution is 2.37. The number of amides is 1. The number of ketones is 1. The minimum atomic E-state index is -0.269. The fourth-order valence-corrected chi connectivity index (χ4v) is 2.83. The quantitative estimate of drug-likeness (QED) is 0.700. The summed E-state index contributed by atoms with van der Waals surface area (Å²) in [7, 11) is 1.55. The molecule has 1 atom stereocenters. The molecule has 0 fully saturated rings. The molecule has 6 heteroatoms. The Bertz CT molecular complexity index is 482. The van der Waals surface area contributed by atoms with Crippen molar-refractivity contribution in [1.29, 1.82) is 0 Å². The van der Waals surface area contributed by atoms with Crippen molar-refractivity contribution in [3.05, 3.63) is 10.4 Å². The maximum absolute atomic E-state index is 11.9. The predicted molar refractivity (Wildman–Crippen MR) is 80.1 cm³/mol. The van der Waals surface area contributed by atoms with Gasteiger partial charge in [-0.2, -0.15) is 0 Å². The Balaban J connectivity index is 3.27. The van der Waals surface area contributed by atoms with Crippen LogP contribution in [0.4, 0.5) is 10.7 Å². The molecule has 1 amide bonds. The van der Waals surface area contributed by atoms with Gasteiger partial charge >= 0.3 is 0 Å². The van der Waals surface area contributed by atoms with Gasteiger partial charge in [0.05, 0.1) is 16.1 Å². The van der Waals surface area contributed by atoms with Crippen molar-refractivity contribution in [3.63, 3.8) is 0 Å². The molecule has 1 aromatic rings. The maximum atomic E-state index is 11.9. The van der Waals surface area contributed by atoms with Crippen molar-refractivity contribution in [2.24, 2.45) is 0 Å². The molecule has 0 aromatic carbocycles. The number of nitrogen functional groups attached to an aromatic ring is 1. The van der Waals surface area contributed by atoms with Gasteiger partial charge in [-0.3, -0.25) is 9.59 Å². The molecule has 0 saturated carbocycles. The van der Waals surface area contributed by atoms with Gasteiger partial charge in [0, 0.05) is 19.5 Å². The standard InChI is InChI=1S/C13H21N3O2S/c1-5-7(3)16-13-9(12(18)15-4)10(14)11(19-13)8(17)6-2/h7,16H,5-6,14H2,1-4H3,(H,15,18). The van der Waals surface area contributed by atoms with Gasteiger partial charge in [-0.05, 0) is 13.3 Å². The van der Waals surface area contributed by atoms with E-state index in [9.17, 15) is 9.59 Å². The van der Waals surface area contributed by atoms with Crippen LogP contribution in [0.25, 0.3) is 0 Å². The number of Topliss-reactive ketones (excluding diaryl/α,β-unsaturated/α-hetero) is 1. The highest BCUT2D eigenvalue weighted by atomic mass is 32.1. The van der Waals surface area contributed by atoms with Gasteiger partial charge < -0.3 is 16.4 Å². The fourth-order valence-electron chi connectivity index (χ4n) is 1.59. The molecular weight excluding hydrogens is 262 g/mol. The lowest BCUT2D eigenvalue weighted by Gasteiger charge is -2.12. The monoisotopic (exact) mass is 283 g/mol. The summed E-state index contributed by atoms with van der Waals surface area (Å²) in [5.74, 6) is -0.306. The van der Waals surface area contributed by atoms with Gasteiger partial charge in [0.25, 0.3) is 5.91 Å².